The summed E-state index contributed by atoms with van der Waals surface area (Å²) < 4.78 is 5.68. The Labute approximate surface area is 118 Å². The average Bonchev–Trinajstić information content (AvgIpc) is 2.39. The number of carbonyl (C=O) groups is 1. The predicted molar refractivity (Wildman–Crippen MR) is 78.2 cm³/mol. The molecule has 0 saturated carbocycles. The van der Waals surface area contributed by atoms with Crippen molar-refractivity contribution in [2.24, 2.45) is 0 Å². The molecule has 106 valence electrons. The number of benzene rings is 1. The zero-order chi connectivity index (χ0) is 14.5. The van der Waals surface area contributed by atoms with E-state index in [1.54, 1.807) is 0 Å². The maximum absolute atomic E-state index is 10.8. The second kappa shape index (κ2) is 6.37. The highest BCUT2D eigenvalue weighted by molar-refractivity contribution is 5.84. The lowest BCUT2D eigenvalue weighted by molar-refractivity contribution is -0.136. The molecule has 1 aromatic heterocycles. The first-order valence-corrected chi connectivity index (χ1v) is 6.85. The van der Waals surface area contributed by atoms with E-state index in [0.29, 0.717) is 12.3 Å². The van der Waals surface area contributed by atoms with E-state index < -0.39 is 5.97 Å². The van der Waals surface area contributed by atoms with E-state index in [1.807, 2.05) is 31.2 Å². The molecule has 0 fully saturated rings. The molecule has 0 bridgehead atoms. The summed E-state index contributed by atoms with van der Waals surface area (Å²) in [6.07, 6.45) is 2.09. The Morgan fingerprint density at radius 2 is 2.15 bits per heavy atom. The number of aryl methyl sites for hydroxylation is 1. The Bertz CT molecular complexity index is 622. The van der Waals surface area contributed by atoms with Gasteiger partial charge in [-0.1, -0.05) is 13.3 Å². The molecule has 0 aliphatic rings. The van der Waals surface area contributed by atoms with Gasteiger partial charge in [0, 0.05) is 5.39 Å². The third-order valence-corrected chi connectivity index (χ3v) is 3.14. The highest BCUT2D eigenvalue weighted by Crippen LogP contribution is 2.23. The van der Waals surface area contributed by atoms with Crippen molar-refractivity contribution in [2.45, 2.75) is 33.1 Å². The molecule has 4 nitrogen and oxygen atoms in total. The average molecular weight is 273 g/mol. The molecule has 0 amide bonds. The number of aromatic nitrogens is 1. The summed E-state index contributed by atoms with van der Waals surface area (Å²) in [5.41, 5.74) is 2.42. The Morgan fingerprint density at radius 3 is 2.85 bits per heavy atom. The molecule has 0 aliphatic heterocycles. The number of nitrogens with zero attached hydrogens (tertiary/aromatic N) is 1. The van der Waals surface area contributed by atoms with E-state index in [1.165, 1.54) is 0 Å². The predicted octanol–water partition coefficient (Wildman–Crippen LogP) is 3.35. The van der Waals surface area contributed by atoms with Crippen LogP contribution in [0.3, 0.4) is 0 Å². The van der Waals surface area contributed by atoms with E-state index >= 15 is 0 Å². The maximum Gasteiger partial charge on any atom is 0.309 e. The van der Waals surface area contributed by atoms with Crippen molar-refractivity contribution in [3.05, 3.63) is 35.5 Å². The van der Waals surface area contributed by atoms with Crippen molar-refractivity contribution >= 4 is 16.9 Å². The topological polar surface area (TPSA) is 59.4 Å². The third kappa shape index (κ3) is 3.47. The van der Waals surface area contributed by atoms with Crippen molar-refractivity contribution in [3.8, 4) is 5.75 Å². The van der Waals surface area contributed by atoms with Crippen LogP contribution in [0, 0.1) is 6.92 Å². The number of hydrogen-bond acceptors (Lipinski definition) is 3. The van der Waals surface area contributed by atoms with Crippen LogP contribution in [-0.4, -0.2) is 22.7 Å². The molecule has 20 heavy (non-hydrogen) atoms. The van der Waals surface area contributed by atoms with E-state index in [2.05, 4.69) is 11.9 Å². The molecular weight excluding hydrogens is 254 g/mol. The smallest absolute Gasteiger partial charge is 0.309 e. The summed E-state index contributed by atoms with van der Waals surface area (Å²) in [6.45, 7) is 4.80. The molecule has 2 rings (SSSR count). The highest BCUT2D eigenvalue weighted by atomic mass is 16.5. The lowest BCUT2D eigenvalue weighted by Crippen LogP contribution is -2.03. The number of fused-ring (bicyclic) bond motifs is 1. The standard InChI is InChI=1S/C16H19NO3/c1-3-4-7-20-13-5-6-15-14(10-13)11(2)8-12(17-15)9-16(18)19/h5-6,8,10H,3-4,7,9H2,1-2H3,(H,18,19). The van der Waals surface area contributed by atoms with Crippen LogP contribution in [0.4, 0.5) is 0 Å². The first-order valence-electron chi connectivity index (χ1n) is 6.85. The second-order valence-electron chi connectivity index (χ2n) is 4.88. The first-order chi connectivity index (χ1) is 9.60. The van der Waals surface area contributed by atoms with Crippen LogP contribution in [0.2, 0.25) is 0 Å². The molecule has 1 aromatic carbocycles. The van der Waals surface area contributed by atoms with E-state index in [0.717, 1.165) is 35.1 Å². The van der Waals surface area contributed by atoms with Crippen LogP contribution in [0.15, 0.2) is 24.3 Å². The molecule has 0 saturated heterocycles. The van der Waals surface area contributed by atoms with Gasteiger partial charge in [0.05, 0.1) is 24.2 Å². The summed E-state index contributed by atoms with van der Waals surface area (Å²) in [5.74, 6) is -0.0300. The lowest BCUT2D eigenvalue weighted by Gasteiger charge is -2.09. The number of rotatable bonds is 6. The van der Waals surface area contributed by atoms with Crippen LogP contribution in [0.5, 0.6) is 5.75 Å². The Morgan fingerprint density at radius 1 is 1.35 bits per heavy atom. The quantitative estimate of drug-likeness (QED) is 0.820. The van der Waals surface area contributed by atoms with Crippen LogP contribution >= 0.6 is 0 Å². The molecular formula is C16H19NO3. The van der Waals surface area contributed by atoms with Crippen LogP contribution in [0.25, 0.3) is 10.9 Å². The van der Waals surface area contributed by atoms with Crippen LogP contribution in [-0.2, 0) is 11.2 Å². The summed E-state index contributed by atoms with van der Waals surface area (Å²) in [7, 11) is 0. The number of aliphatic carboxylic acids is 1. The van der Waals surface area contributed by atoms with E-state index in [9.17, 15) is 4.79 Å². The molecule has 2 aromatic rings. The molecule has 0 radical (unpaired) electrons. The fraction of sp³-hybridized carbons (Fsp3) is 0.375. The summed E-state index contributed by atoms with van der Waals surface area (Å²) in [4.78, 5) is 15.1. The number of ether oxygens (including phenoxy) is 1. The fourth-order valence-corrected chi connectivity index (χ4v) is 2.11. The van der Waals surface area contributed by atoms with Crippen molar-refractivity contribution in [3.63, 3.8) is 0 Å². The van der Waals surface area contributed by atoms with Gasteiger partial charge in [-0.25, -0.2) is 0 Å². The van der Waals surface area contributed by atoms with Crippen molar-refractivity contribution in [2.75, 3.05) is 6.61 Å². The highest BCUT2D eigenvalue weighted by Gasteiger charge is 2.07. The number of hydrogen-bond donors (Lipinski definition) is 1. The van der Waals surface area contributed by atoms with Gasteiger partial charge in [-0.2, -0.15) is 0 Å². The molecule has 0 unspecified atom stereocenters. The number of carboxylic acids is 1. The Balaban J connectivity index is 2.29. The van der Waals surface area contributed by atoms with E-state index in [-0.39, 0.29) is 6.42 Å². The van der Waals surface area contributed by atoms with Crippen LogP contribution < -0.4 is 4.74 Å². The van der Waals surface area contributed by atoms with Crippen molar-refractivity contribution in [1.29, 1.82) is 0 Å². The molecule has 0 atom stereocenters. The van der Waals surface area contributed by atoms with Gasteiger partial charge in [0.1, 0.15) is 5.75 Å². The minimum atomic E-state index is -0.865. The van der Waals surface area contributed by atoms with Crippen molar-refractivity contribution < 1.29 is 14.6 Å². The summed E-state index contributed by atoms with van der Waals surface area (Å²) in [6, 6.07) is 7.56. The van der Waals surface area contributed by atoms with Gasteiger partial charge in [0.2, 0.25) is 0 Å². The zero-order valence-corrected chi connectivity index (χ0v) is 11.8. The second-order valence-corrected chi connectivity index (χ2v) is 4.88. The summed E-state index contributed by atoms with van der Waals surface area (Å²) >= 11 is 0. The monoisotopic (exact) mass is 273 g/mol. The maximum atomic E-state index is 10.8. The Kier molecular flexibility index (Phi) is 4.56. The number of unbranched alkanes of at least 4 members (excludes halogenated alkanes) is 1. The Hall–Kier alpha value is -2.10. The van der Waals surface area contributed by atoms with Crippen molar-refractivity contribution in [1.82, 2.24) is 4.98 Å². The molecule has 0 aliphatic carbocycles. The molecule has 1 heterocycles. The first kappa shape index (κ1) is 14.3. The molecule has 1 N–H and O–H groups in total. The normalized spacial score (nSPS) is 10.7. The third-order valence-electron chi connectivity index (χ3n) is 3.14. The number of carboxylic acid groups (broad SMARTS) is 1. The SMILES string of the molecule is CCCCOc1ccc2nc(CC(=O)O)cc(C)c2c1. The fourth-order valence-electron chi connectivity index (χ4n) is 2.11. The van der Waals surface area contributed by atoms with Gasteiger partial charge < -0.3 is 9.84 Å². The molecule has 0 spiro atoms. The summed E-state index contributed by atoms with van der Waals surface area (Å²) in [5, 5.41) is 9.84. The van der Waals surface area contributed by atoms with Gasteiger partial charge in [-0.05, 0) is 43.2 Å². The number of pyridine rings is 1. The van der Waals surface area contributed by atoms with Gasteiger partial charge in [0.25, 0.3) is 0 Å². The minimum Gasteiger partial charge on any atom is -0.494 e. The zero-order valence-electron chi connectivity index (χ0n) is 11.8. The minimum absolute atomic E-state index is 0.0501. The van der Waals surface area contributed by atoms with Crippen LogP contribution in [0.1, 0.15) is 31.0 Å². The largest absolute Gasteiger partial charge is 0.494 e. The van der Waals surface area contributed by atoms with Gasteiger partial charge >= 0.3 is 5.97 Å². The van der Waals surface area contributed by atoms with Gasteiger partial charge in [0.15, 0.2) is 0 Å². The van der Waals surface area contributed by atoms with Gasteiger partial charge in [-0.3, -0.25) is 9.78 Å². The van der Waals surface area contributed by atoms with Gasteiger partial charge in [-0.15, -0.1) is 0 Å². The van der Waals surface area contributed by atoms with E-state index in [4.69, 9.17) is 9.84 Å². The lowest BCUT2D eigenvalue weighted by atomic mass is 10.1. The molecule has 4 heteroatoms.